The Morgan fingerprint density at radius 3 is 1.92 bits per heavy atom. The molecule has 0 aliphatic carbocycles. The minimum atomic E-state index is 0.745. The predicted molar refractivity (Wildman–Crippen MR) is 45.2 cm³/mol. The lowest BCUT2D eigenvalue weighted by Crippen LogP contribution is -1.85. The third kappa shape index (κ3) is 2.09. The molecule has 0 unspecified atom stereocenters. The van der Waals surface area contributed by atoms with Crippen molar-refractivity contribution in [3.8, 4) is 0 Å². The van der Waals surface area contributed by atoms with E-state index in [0.717, 1.165) is 11.1 Å². The van der Waals surface area contributed by atoms with E-state index in [1.165, 1.54) is 12.4 Å². The topological polar surface area (TPSA) is 65.2 Å². The van der Waals surface area contributed by atoms with Crippen LogP contribution in [0.2, 0.25) is 0 Å². The first-order chi connectivity index (χ1) is 5.86. The van der Waals surface area contributed by atoms with Gasteiger partial charge in [0.25, 0.3) is 0 Å². The van der Waals surface area contributed by atoms with Crippen LogP contribution in [0, 0.1) is 0 Å². The van der Waals surface area contributed by atoms with Gasteiger partial charge in [-0.05, 0) is 17.2 Å². The number of hydrogen-bond acceptors (Lipinski definition) is 4. The van der Waals surface area contributed by atoms with Crippen molar-refractivity contribution in [2.24, 2.45) is 10.3 Å². The molecule has 0 atom stereocenters. The van der Waals surface area contributed by atoms with Gasteiger partial charge in [-0.1, -0.05) is 28.5 Å². The van der Waals surface area contributed by atoms with E-state index in [2.05, 4.69) is 10.3 Å². The molecule has 0 aromatic heterocycles. The van der Waals surface area contributed by atoms with Gasteiger partial charge in [0.2, 0.25) is 0 Å². The normalized spacial score (nSPS) is 11.3. The summed E-state index contributed by atoms with van der Waals surface area (Å²) in [6, 6.07) is 7.04. The minimum absolute atomic E-state index is 0.745. The molecular weight excluding hydrogens is 156 g/mol. The molecule has 2 N–H and O–H groups in total. The van der Waals surface area contributed by atoms with Gasteiger partial charge in [-0.25, -0.2) is 0 Å². The highest BCUT2D eigenvalue weighted by Gasteiger charge is 1.89. The maximum atomic E-state index is 8.23. The molecule has 0 aliphatic rings. The second kappa shape index (κ2) is 4.12. The van der Waals surface area contributed by atoms with Crippen molar-refractivity contribution >= 4 is 12.4 Å². The van der Waals surface area contributed by atoms with Gasteiger partial charge in [0.05, 0.1) is 12.4 Å². The molecule has 0 saturated carbocycles. The first kappa shape index (κ1) is 8.26. The van der Waals surface area contributed by atoms with Gasteiger partial charge in [0.1, 0.15) is 0 Å². The van der Waals surface area contributed by atoms with Crippen LogP contribution in [0.4, 0.5) is 0 Å². The van der Waals surface area contributed by atoms with E-state index in [9.17, 15) is 0 Å². The summed E-state index contributed by atoms with van der Waals surface area (Å²) >= 11 is 0. The lowest BCUT2D eigenvalue weighted by atomic mass is 10.1. The standard InChI is InChI=1S/C8H8N2O2/c11-9-5-7-2-1-3-8(4-7)6-10-12/h1-6,11-12H. The van der Waals surface area contributed by atoms with E-state index < -0.39 is 0 Å². The monoisotopic (exact) mass is 164 g/mol. The number of nitrogens with zero attached hydrogens (tertiary/aromatic N) is 2. The average molecular weight is 164 g/mol. The van der Waals surface area contributed by atoms with E-state index in [1.54, 1.807) is 24.3 Å². The van der Waals surface area contributed by atoms with Gasteiger partial charge >= 0.3 is 0 Å². The summed E-state index contributed by atoms with van der Waals surface area (Å²) in [5.74, 6) is 0. The number of rotatable bonds is 2. The molecule has 0 amide bonds. The first-order valence-electron chi connectivity index (χ1n) is 3.32. The molecule has 0 saturated heterocycles. The third-order valence-corrected chi connectivity index (χ3v) is 1.32. The molecule has 12 heavy (non-hydrogen) atoms. The van der Waals surface area contributed by atoms with Crippen LogP contribution in [-0.4, -0.2) is 22.8 Å². The molecule has 0 spiro atoms. The average Bonchev–Trinajstić information content (AvgIpc) is 2.06. The van der Waals surface area contributed by atoms with Crippen molar-refractivity contribution in [2.45, 2.75) is 0 Å². The highest BCUT2D eigenvalue weighted by Crippen LogP contribution is 2.00. The SMILES string of the molecule is ON=Cc1cccc(C=NO)c1. The Labute approximate surface area is 69.4 Å². The smallest absolute Gasteiger partial charge is 0.0734 e. The number of benzene rings is 1. The lowest BCUT2D eigenvalue weighted by Gasteiger charge is -1.92. The maximum absolute atomic E-state index is 8.23. The molecule has 0 bridgehead atoms. The summed E-state index contributed by atoms with van der Waals surface area (Å²) in [5.41, 5.74) is 1.49. The summed E-state index contributed by atoms with van der Waals surface area (Å²) in [6.07, 6.45) is 2.60. The van der Waals surface area contributed by atoms with Gasteiger partial charge in [0.15, 0.2) is 0 Å². The van der Waals surface area contributed by atoms with Crippen molar-refractivity contribution in [1.29, 1.82) is 0 Å². The minimum Gasteiger partial charge on any atom is -0.411 e. The molecule has 1 rings (SSSR count). The van der Waals surface area contributed by atoms with Gasteiger partial charge in [-0.2, -0.15) is 0 Å². The van der Waals surface area contributed by atoms with E-state index in [-0.39, 0.29) is 0 Å². The quantitative estimate of drug-likeness (QED) is 0.393. The zero-order chi connectivity index (χ0) is 8.81. The fraction of sp³-hybridized carbons (Fsp3) is 0. The third-order valence-electron chi connectivity index (χ3n) is 1.32. The van der Waals surface area contributed by atoms with Crippen LogP contribution in [0.1, 0.15) is 11.1 Å². The van der Waals surface area contributed by atoms with Crippen LogP contribution in [0.5, 0.6) is 0 Å². The Bertz CT molecular complexity index is 280. The molecule has 4 nitrogen and oxygen atoms in total. The predicted octanol–water partition coefficient (Wildman–Crippen LogP) is 1.30. The largest absolute Gasteiger partial charge is 0.411 e. The Morgan fingerprint density at radius 2 is 1.50 bits per heavy atom. The maximum Gasteiger partial charge on any atom is 0.0734 e. The zero-order valence-corrected chi connectivity index (χ0v) is 6.25. The van der Waals surface area contributed by atoms with Crippen LogP contribution in [-0.2, 0) is 0 Å². The second-order valence-electron chi connectivity index (χ2n) is 2.16. The van der Waals surface area contributed by atoms with Crippen molar-refractivity contribution in [1.82, 2.24) is 0 Å². The van der Waals surface area contributed by atoms with Crippen LogP contribution in [0.3, 0.4) is 0 Å². The Morgan fingerprint density at radius 1 is 1.00 bits per heavy atom. The second-order valence-corrected chi connectivity index (χ2v) is 2.16. The van der Waals surface area contributed by atoms with Crippen LogP contribution < -0.4 is 0 Å². The van der Waals surface area contributed by atoms with E-state index in [0.29, 0.717) is 0 Å². The van der Waals surface area contributed by atoms with Crippen LogP contribution >= 0.6 is 0 Å². The summed E-state index contributed by atoms with van der Waals surface area (Å²) in [4.78, 5) is 0. The number of hydrogen-bond donors (Lipinski definition) is 2. The molecule has 0 fully saturated rings. The van der Waals surface area contributed by atoms with Gasteiger partial charge in [0, 0.05) is 0 Å². The zero-order valence-electron chi connectivity index (χ0n) is 6.25. The van der Waals surface area contributed by atoms with Gasteiger partial charge in [-0.3, -0.25) is 0 Å². The Hall–Kier alpha value is -1.84. The summed E-state index contributed by atoms with van der Waals surface area (Å²) in [5, 5.41) is 22.2. The molecule has 0 heterocycles. The van der Waals surface area contributed by atoms with Crippen molar-refractivity contribution in [3.63, 3.8) is 0 Å². The number of oxime groups is 2. The van der Waals surface area contributed by atoms with Gasteiger partial charge < -0.3 is 10.4 Å². The molecular formula is C8H8N2O2. The Balaban J connectivity index is 2.95. The molecule has 1 aromatic rings. The molecule has 1 aromatic carbocycles. The van der Waals surface area contributed by atoms with E-state index >= 15 is 0 Å². The first-order valence-corrected chi connectivity index (χ1v) is 3.32. The van der Waals surface area contributed by atoms with Crippen molar-refractivity contribution in [3.05, 3.63) is 35.4 Å². The van der Waals surface area contributed by atoms with E-state index in [4.69, 9.17) is 10.4 Å². The summed E-state index contributed by atoms with van der Waals surface area (Å²) < 4.78 is 0. The highest BCUT2D eigenvalue weighted by atomic mass is 16.4. The van der Waals surface area contributed by atoms with Crippen molar-refractivity contribution in [2.75, 3.05) is 0 Å². The van der Waals surface area contributed by atoms with Crippen molar-refractivity contribution < 1.29 is 10.4 Å². The molecule has 0 radical (unpaired) electrons. The lowest BCUT2D eigenvalue weighted by molar-refractivity contribution is 0.322. The molecule has 4 heteroatoms. The molecule has 0 aliphatic heterocycles. The highest BCUT2D eigenvalue weighted by molar-refractivity contribution is 5.85. The van der Waals surface area contributed by atoms with Crippen LogP contribution in [0.25, 0.3) is 0 Å². The fourth-order valence-electron chi connectivity index (χ4n) is 0.853. The Kier molecular flexibility index (Phi) is 2.84. The van der Waals surface area contributed by atoms with Crippen LogP contribution in [0.15, 0.2) is 34.6 Å². The molecule has 62 valence electrons. The van der Waals surface area contributed by atoms with Gasteiger partial charge in [-0.15, -0.1) is 0 Å². The summed E-state index contributed by atoms with van der Waals surface area (Å²) in [7, 11) is 0. The summed E-state index contributed by atoms with van der Waals surface area (Å²) in [6.45, 7) is 0. The fourth-order valence-corrected chi connectivity index (χ4v) is 0.853. The van der Waals surface area contributed by atoms with E-state index in [1.807, 2.05) is 0 Å².